The summed E-state index contributed by atoms with van der Waals surface area (Å²) in [7, 11) is -1.73. The number of halogens is 3. The number of rotatable bonds is 5. The van der Waals surface area contributed by atoms with Gasteiger partial charge in [-0.15, -0.1) is 0 Å². The van der Waals surface area contributed by atoms with Crippen molar-refractivity contribution in [2.24, 2.45) is 10.9 Å². The monoisotopic (exact) mass is 416 g/mol. The summed E-state index contributed by atoms with van der Waals surface area (Å²) in [6.07, 6.45) is -3.05. The molecule has 2 N–H and O–H groups in total. The molecule has 1 aliphatic carbocycles. The van der Waals surface area contributed by atoms with Crippen LogP contribution in [0.15, 0.2) is 4.99 Å². The van der Waals surface area contributed by atoms with Crippen LogP contribution < -0.4 is 10.6 Å². The van der Waals surface area contributed by atoms with Crippen LogP contribution in [0.5, 0.6) is 0 Å². The minimum Gasteiger partial charge on any atom is -0.355 e. The number of nitrogens with zero attached hydrogens (tertiary/aromatic N) is 2. The van der Waals surface area contributed by atoms with Crippen LogP contribution in [0.1, 0.15) is 25.7 Å². The van der Waals surface area contributed by atoms with Crippen molar-refractivity contribution in [1.82, 2.24) is 14.9 Å². The van der Waals surface area contributed by atoms with Crippen molar-refractivity contribution in [3.8, 4) is 0 Å². The van der Waals surface area contributed by atoms with Crippen LogP contribution in [0.2, 0.25) is 0 Å². The standard InChI is InChI=1S/C15H27F3N4O2S2/c1-19-14(21-13-4-2-12(3-5-13)15(16,17)18)20-6-11-26(23,24)22-7-9-25-10-8-22/h12-13H,2-11H2,1H3,(H2,19,20,21). The third kappa shape index (κ3) is 6.49. The Kier molecular flexibility index (Phi) is 7.90. The van der Waals surface area contributed by atoms with Crippen LogP contribution in [0.3, 0.4) is 0 Å². The fraction of sp³-hybridized carbons (Fsp3) is 0.933. The van der Waals surface area contributed by atoms with Crippen molar-refractivity contribution >= 4 is 27.7 Å². The van der Waals surface area contributed by atoms with Gasteiger partial charge in [-0.1, -0.05) is 0 Å². The van der Waals surface area contributed by atoms with Gasteiger partial charge in [-0.25, -0.2) is 12.7 Å². The molecular formula is C15H27F3N4O2S2. The van der Waals surface area contributed by atoms with Crippen LogP contribution in [-0.4, -0.2) is 74.8 Å². The summed E-state index contributed by atoms with van der Waals surface area (Å²) < 4.78 is 64.2. The van der Waals surface area contributed by atoms with E-state index in [4.69, 9.17) is 0 Å². The molecule has 0 radical (unpaired) electrons. The van der Waals surface area contributed by atoms with Gasteiger partial charge < -0.3 is 10.6 Å². The van der Waals surface area contributed by atoms with Crippen LogP contribution in [0.25, 0.3) is 0 Å². The number of sulfonamides is 1. The van der Waals surface area contributed by atoms with Crippen LogP contribution in [0, 0.1) is 5.92 Å². The molecule has 1 aliphatic heterocycles. The molecule has 0 amide bonds. The van der Waals surface area contributed by atoms with Gasteiger partial charge in [0, 0.05) is 44.2 Å². The second kappa shape index (κ2) is 9.50. The molecule has 2 rings (SSSR count). The average molecular weight is 417 g/mol. The Bertz CT molecular complexity index is 570. The third-order valence-corrected chi connectivity index (χ3v) is 7.58. The van der Waals surface area contributed by atoms with Gasteiger partial charge >= 0.3 is 6.18 Å². The van der Waals surface area contributed by atoms with E-state index in [1.54, 1.807) is 18.8 Å². The summed E-state index contributed by atoms with van der Waals surface area (Å²) in [6.45, 7) is 1.30. The quantitative estimate of drug-likeness (QED) is 0.527. The maximum atomic E-state index is 12.7. The fourth-order valence-electron chi connectivity index (χ4n) is 3.21. The average Bonchev–Trinajstić information content (AvgIpc) is 2.61. The molecule has 0 aromatic heterocycles. The van der Waals surface area contributed by atoms with E-state index in [0.717, 1.165) is 11.5 Å². The van der Waals surface area contributed by atoms with Gasteiger partial charge in [-0.05, 0) is 25.7 Å². The van der Waals surface area contributed by atoms with E-state index in [1.807, 2.05) is 0 Å². The van der Waals surface area contributed by atoms with Crippen molar-refractivity contribution in [2.45, 2.75) is 37.9 Å². The highest BCUT2D eigenvalue weighted by Gasteiger charge is 2.41. The zero-order valence-corrected chi connectivity index (χ0v) is 16.5. The molecular weight excluding hydrogens is 389 g/mol. The lowest BCUT2D eigenvalue weighted by molar-refractivity contribution is -0.182. The number of aliphatic imine (C=N–C) groups is 1. The van der Waals surface area contributed by atoms with Gasteiger partial charge in [0.05, 0.1) is 11.7 Å². The number of hydrogen-bond donors (Lipinski definition) is 2. The van der Waals surface area contributed by atoms with Crippen molar-refractivity contribution in [2.75, 3.05) is 43.9 Å². The van der Waals surface area contributed by atoms with Gasteiger partial charge in [0.15, 0.2) is 5.96 Å². The molecule has 2 aliphatic rings. The summed E-state index contributed by atoms with van der Waals surface area (Å²) in [4.78, 5) is 4.04. The molecule has 0 atom stereocenters. The van der Waals surface area contributed by atoms with Gasteiger partial charge in [0.2, 0.25) is 10.0 Å². The molecule has 2 fully saturated rings. The number of hydrogen-bond acceptors (Lipinski definition) is 4. The molecule has 1 heterocycles. The highest BCUT2D eigenvalue weighted by Crippen LogP contribution is 2.37. The Balaban J connectivity index is 1.73. The molecule has 0 aromatic rings. The molecule has 0 unspecified atom stereocenters. The van der Waals surface area contributed by atoms with E-state index in [9.17, 15) is 21.6 Å². The largest absolute Gasteiger partial charge is 0.391 e. The molecule has 1 saturated heterocycles. The van der Waals surface area contributed by atoms with Gasteiger partial charge in [0.1, 0.15) is 0 Å². The van der Waals surface area contributed by atoms with Crippen molar-refractivity contribution in [3.63, 3.8) is 0 Å². The molecule has 26 heavy (non-hydrogen) atoms. The third-order valence-electron chi connectivity index (χ3n) is 4.77. The molecule has 152 valence electrons. The van der Waals surface area contributed by atoms with Crippen molar-refractivity contribution in [1.29, 1.82) is 0 Å². The second-order valence-corrected chi connectivity index (χ2v) is 9.87. The van der Waals surface area contributed by atoms with E-state index in [-0.39, 0.29) is 31.2 Å². The minimum atomic E-state index is -4.12. The zero-order valence-electron chi connectivity index (χ0n) is 14.9. The normalized spacial score (nSPS) is 26.5. The number of guanidine groups is 1. The number of alkyl halides is 3. The Labute approximate surface area is 157 Å². The van der Waals surface area contributed by atoms with Crippen LogP contribution in [0.4, 0.5) is 13.2 Å². The Hall–Kier alpha value is -0.680. The molecule has 0 spiro atoms. The van der Waals surface area contributed by atoms with Gasteiger partial charge in [-0.2, -0.15) is 24.9 Å². The fourth-order valence-corrected chi connectivity index (χ4v) is 5.70. The minimum absolute atomic E-state index is 0.0286. The summed E-state index contributed by atoms with van der Waals surface area (Å²) in [6, 6.07) is -0.0736. The van der Waals surface area contributed by atoms with Gasteiger partial charge in [0.25, 0.3) is 0 Å². The Morgan fingerprint density at radius 1 is 1.19 bits per heavy atom. The molecule has 0 aromatic carbocycles. The lowest BCUT2D eigenvalue weighted by Gasteiger charge is -2.31. The first-order valence-electron chi connectivity index (χ1n) is 8.82. The first-order valence-corrected chi connectivity index (χ1v) is 11.6. The summed E-state index contributed by atoms with van der Waals surface area (Å²) >= 11 is 1.75. The Morgan fingerprint density at radius 2 is 1.81 bits per heavy atom. The summed E-state index contributed by atoms with van der Waals surface area (Å²) in [5.74, 6) is 0.819. The maximum Gasteiger partial charge on any atom is 0.391 e. The summed E-state index contributed by atoms with van der Waals surface area (Å²) in [5.41, 5.74) is 0. The van der Waals surface area contributed by atoms with E-state index >= 15 is 0 Å². The highest BCUT2D eigenvalue weighted by molar-refractivity contribution is 7.99. The second-order valence-electron chi connectivity index (χ2n) is 6.56. The topological polar surface area (TPSA) is 73.8 Å². The first kappa shape index (κ1) is 21.6. The maximum absolute atomic E-state index is 12.7. The molecule has 6 nitrogen and oxygen atoms in total. The Morgan fingerprint density at radius 3 is 2.35 bits per heavy atom. The molecule has 1 saturated carbocycles. The van der Waals surface area contributed by atoms with E-state index in [1.165, 1.54) is 4.31 Å². The number of nitrogens with one attached hydrogen (secondary N) is 2. The lowest BCUT2D eigenvalue weighted by Crippen LogP contribution is -2.48. The molecule has 11 heteroatoms. The van der Waals surface area contributed by atoms with E-state index in [0.29, 0.717) is 31.9 Å². The lowest BCUT2D eigenvalue weighted by atomic mass is 9.85. The van der Waals surface area contributed by atoms with Crippen molar-refractivity contribution < 1.29 is 21.6 Å². The van der Waals surface area contributed by atoms with Crippen molar-refractivity contribution in [3.05, 3.63) is 0 Å². The zero-order chi connectivity index (χ0) is 19.2. The summed E-state index contributed by atoms with van der Waals surface area (Å²) in [5, 5.41) is 6.06. The van der Waals surface area contributed by atoms with Crippen LogP contribution in [-0.2, 0) is 10.0 Å². The van der Waals surface area contributed by atoms with Crippen LogP contribution >= 0.6 is 11.8 Å². The van der Waals surface area contributed by atoms with Gasteiger partial charge in [-0.3, -0.25) is 4.99 Å². The molecule has 0 bridgehead atoms. The number of thioether (sulfide) groups is 1. The van der Waals surface area contributed by atoms with E-state index < -0.39 is 22.1 Å². The predicted octanol–water partition coefficient (Wildman–Crippen LogP) is 1.65. The SMILES string of the molecule is CN=C(NCCS(=O)(=O)N1CCSCC1)NC1CCC(C(F)(F)F)CC1. The first-order chi connectivity index (χ1) is 12.2. The van der Waals surface area contributed by atoms with E-state index in [2.05, 4.69) is 15.6 Å². The highest BCUT2D eigenvalue weighted by atomic mass is 32.2. The predicted molar refractivity (Wildman–Crippen MR) is 99.0 cm³/mol. The smallest absolute Gasteiger partial charge is 0.355 e.